The quantitative estimate of drug-likeness (QED) is 0.281. The molecule has 9 nitrogen and oxygen atoms in total. The number of nitro benzene ring substituents is 2. The lowest BCUT2D eigenvalue weighted by Gasteiger charge is -2.04. The van der Waals surface area contributed by atoms with Crippen LogP contribution < -0.4 is 0 Å². The molecule has 3 aromatic rings. The molecule has 0 aliphatic carbocycles. The van der Waals surface area contributed by atoms with E-state index in [1.54, 1.807) is 6.07 Å². The number of nitro groups is 2. The fraction of sp³-hybridized carbons (Fsp3) is 0. The van der Waals surface area contributed by atoms with Gasteiger partial charge in [0.05, 0.1) is 21.6 Å². The smallest absolute Gasteiger partial charge is 0.277 e. The Morgan fingerprint density at radius 1 is 0.926 bits per heavy atom. The third kappa shape index (κ3) is 4.30. The second kappa shape index (κ2) is 7.70. The Bertz CT molecular complexity index is 1010. The van der Waals surface area contributed by atoms with Crippen molar-refractivity contribution in [3.63, 3.8) is 0 Å². The lowest BCUT2D eigenvalue weighted by Crippen LogP contribution is -2.00. The zero-order valence-corrected chi connectivity index (χ0v) is 14.3. The summed E-state index contributed by atoms with van der Waals surface area (Å²) in [6.07, 6.45) is 1.49. The summed E-state index contributed by atoms with van der Waals surface area (Å²) in [6.45, 7) is 0. The third-order valence-corrected chi connectivity index (χ3v) is 4.25. The van der Waals surface area contributed by atoms with Crippen LogP contribution in [0.2, 0.25) is 0 Å². The molecule has 2 aromatic carbocycles. The molecule has 0 N–H and O–H groups in total. The van der Waals surface area contributed by atoms with Crippen molar-refractivity contribution in [2.75, 3.05) is 0 Å². The van der Waals surface area contributed by atoms with Crippen molar-refractivity contribution < 1.29 is 14.6 Å². The maximum absolute atomic E-state index is 12.4. The first-order chi connectivity index (χ1) is 12.9. The van der Waals surface area contributed by atoms with Gasteiger partial charge in [0.1, 0.15) is 0 Å². The van der Waals surface area contributed by atoms with Gasteiger partial charge < -0.3 is 0 Å². The summed E-state index contributed by atoms with van der Waals surface area (Å²) in [5.74, 6) is 0. The summed E-state index contributed by atoms with van der Waals surface area (Å²) in [6, 6.07) is 13.7. The zero-order chi connectivity index (χ0) is 19.4. The minimum absolute atomic E-state index is 0.135. The summed E-state index contributed by atoms with van der Waals surface area (Å²) in [4.78, 5) is 41.1. The van der Waals surface area contributed by atoms with Crippen LogP contribution in [0.5, 0.6) is 0 Å². The number of benzene rings is 2. The fourth-order valence-electron chi connectivity index (χ4n) is 2.23. The maximum atomic E-state index is 12.4. The fourth-order valence-corrected chi connectivity index (χ4v) is 2.88. The maximum Gasteiger partial charge on any atom is 0.277 e. The average Bonchev–Trinajstić information content (AvgIpc) is 2.68. The lowest BCUT2D eigenvalue weighted by atomic mass is 10.1. The minimum atomic E-state index is -0.791. The van der Waals surface area contributed by atoms with Gasteiger partial charge >= 0.3 is 0 Å². The van der Waals surface area contributed by atoms with Gasteiger partial charge in [-0.15, -0.1) is 0 Å². The van der Waals surface area contributed by atoms with Gasteiger partial charge in [0.15, 0.2) is 5.16 Å². The van der Waals surface area contributed by atoms with E-state index in [0.717, 1.165) is 23.8 Å². The largest absolute Gasteiger partial charge is 0.281 e. The highest BCUT2D eigenvalue weighted by atomic mass is 32.2. The van der Waals surface area contributed by atoms with Crippen LogP contribution in [0.15, 0.2) is 66.0 Å². The van der Waals surface area contributed by atoms with Gasteiger partial charge in [-0.2, -0.15) is 0 Å². The predicted molar refractivity (Wildman–Crippen MR) is 97.4 cm³/mol. The Kier molecular flexibility index (Phi) is 5.18. The molecule has 0 atom stereocenters. The SMILES string of the molecule is O=C(Sc1nccc(-c2ccccc2)n1)c1cc([N+](=O)[O-])cc([N+](=O)[O-])c1. The monoisotopic (exact) mass is 382 g/mol. The molecule has 0 spiro atoms. The van der Waals surface area contributed by atoms with Gasteiger partial charge in [-0.1, -0.05) is 30.3 Å². The summed E-state index contributed by atoms with van der Waals surface area (Å²) < 4.78 is 0. The second-order valence-corrected chi connectivity index (χ2v) is 6.17. The molecule has 27 heavy (non-hydrogen) atoms. The van der Waals surface area contributed by atoms with E-state index < -0.39 is 26.3 Å². The first kappa shape index (κ1) is 18.1. The number of carbonyl (C=O) groups excluding carboxylic acids is 1. The van der Waals surface area contributed by atoms with E-state index in [-0.39, 0.29) is 10.7 Å². The van der Waals surface area contributed by atoms with Gasteiger partial charge in [-0.05, 0) is 17.8 Å². The molecule has 0 saturated carbocycles. The number of non-ortho nitro benzene ring substituents is 2. The molecule has 0 fully saturated rings. The van der Waals surface area contributed by atoms with Crippen LogP contribution in [0.1, 0.15) is 10.4 Å². The van der Waals surface area contributed by atoms with Crippen LogP contribution in [-0.2, 0) is 0 Å². The van der Waals surface area contributed by atoms with Crippen LogP contribution >= 0.6 is 11.8 Å². The molecular formula is C17H10N4O5S. The average molecular weight is 382 g/mol. The zero-order valence-electron chi connectivity index (χ0n) is 13.5. The Hall–Kier alpha value is -3.66. The lowest BCUT2D eigenvalue weighted by molar-refractivity contribution is -0.394. The highest BCUT2D eigenvalue weighted by molar-refractivity contribution is 8.14. The van der Waals surface area contributed by atoms with E-state index in [1.807, 2.05) is 30.3 Å². The van der Waals surface area contributed by atoms with Crippen molar-refractivity contribution in [1.82, 2.24) is 9.97 Å². The van der Waals surface area contributed by atoms with Crippen molar-refractivity contribution in [3.8, 4) is 11.3 Å². The molecule has 1 aromatic heterocycles. The Morgan fingerprint density at radius 3 is 2.15 bits per heavy atom. The Labute approximate surface area is 156 Å². The number of rotatable bonds is 5. The Morgan fingerprint density at radius 2 is 1.56 bits per heavy atom. The topological polar surface area (TPSA) is 129 Å². The van der Waals surface area contributed by atoms with Crippen LogP contribution in [0.25, 0.3) is 11.3 Å². The first-order valence-electron chi connectivity index (χ1n) is 7.48. The number of thioether (sulfide) groups is 1. The number of nitrogens with zero attached hydrogens (tertiary/aromatic N) is 4. The van der Waals surface area contributed by atoms with Crippen molar-refractivity contribution in [2.24, 2.45) is 0 Å². The van der Waals surface area contributed by atoms with Gasteiger partial charge in [-0.25, -0.2) is 9.97 Å². The van der Waals surface area contributed by atoms with E-state index in [9.17, 15) is 25.0 Å². The van der Waals surface area contributed by atoms with Crippen LogP contribution in [-0.4, -0.2) is 24.9 Å². The standard InChI is InChI=1S/C17H10N4O5S/c22-16(12-8-13(20(23)24)10-14(9-12)21(25)26)27-17-18-7-6-15(19-17)11-4-2-1-3-5-11/h1-10H. The number of carbonyl (C=O) groups is 1. The van der Waals surface area contributed by atoms with Gasteiger partial charge in [0.25, 0.3) is 11.4 Å². The predicted octanol–water partition coefficient (Wildman–Crippen LogP) is 3.89. The summed E-state index contributed by atoms with van der Waals surface area (Å²) in [5, 5.41) is 21.4. The van der Waals surface area contributed by atoms with Crippen LogP contribution in [0.3, 0.4) is 0 Å². The Balaban J connectivity index is 1.90. The molecule has 0 saturated heterocycles. The van der Waals surface area contributed by atoms with Gasteiger partial charge in [-0.3, -0.25) is 25.0 Å². The molecule has 1 heterocycles. The van der Waals surface area contributed by atoms with E-state index >= 15 is 0 Å². The van der Waals surface area contributed by atoms with E-state index in [0.29, 0.717) is 17.5 Å². The van der Waals surface area contributed by atoms with Gasteiger partial charge in [0, 0.05) is 29.5 Å². The van der Waals surface area contributed by atoms with Crippen molar-refractivity contribution in [2.45, 2.75) is 5.16 Å². The van der Waals surface area contributed by atoms with Gasteiger partial charge in [0.2, 0.25) is 5.12 Å². The molecule has 3 rings (SSSR count). The number of aromatic nitrogens is 2. The molecule has 0 aliphatic heterocycles. The molecule has 0 aliphatic rings. The number of hydrogen-bond acceptors (Lipinski definition) is 8. The van der Waals surface area contributed by atoms with E-state index in [1.165, 1.54) is 6.20 Å². The highest BCUT2D eigenvalue weighted by Gasteiger charge is 2.21. The first-order valence-corrected chi connectivity index (χ1v) is 8.30. The molecule has 0 radical (unpaired) electrons. The van der Waals surface area contributed by atoms with E-state index in [2.05, 4.69) is 9.97 Å². The van der Waals surface area contributed by atoms with Crippen LogP contribution in [0, 0.1) is 20.2 Å². The van der Waals surface area contributed by atoms with Crippen molar-refractivity contribution in [3.05, 3.63) is 86.6 Å². The molecule has 0 amide bonds. The number of hydrogen-bond donors (Lipinski definition) is 0. The summed E-state index contributed by atoms with van der Waals surface area (Å²) in [5.41, 5.74) is 0.194. The van der Waals surface area contributed by atoms with Crippen LogP contribution in [0.4, 0.5) is 11.4 Å². The van der Waals surface area contributed by atoms with Crippen molar-refractivity contribution in [1.29, 1.82) is 0 Å². The third-order valence-electron chi connectivity index (χ3n) is 3.45. The summed E-state index contributed by atoms with van der Waals surface area (Å²) >= 11 is 0.640. The molecule has 0 bridgehead atoms. The minimum Gasteiger partial charge on any atom is -0.281 e. The normalized spacial score (nSPS) is 10.4. The molecule has 134 valence electrons. The van der Waals surface area contributed by atoms with Crippen molar-refractivity contribution >= 4 is 28.3 Å². The summed E-state index contributed by atoms with van der Waals surface area (Å²) in [7, 11) is 0. The molecule has 10 heteroatoms. The molecular weight excluding hydrogens is 372 g/mol. The second-order valence-electron chi connectivity index (χ2n) is 5.23. The highest BCUT2D eigenvalue weighted by Crippen LogP contribution is 2.28. The van der Waals surface area contributed by atoms with E-state index in [4.69, 9.17) is 0 Å². The molecule has 0 unspecified atom stereocenters.